The number of aromatic hydroxyl groups is 1. The number of para-hydroxylation sites is 1. The van der Waals surface area contributed by atoms with Gasteiger partial charge >= 0.3 is 5.97 Å². The molecule has 1 amide bonds. The van der Waals surface area contributed by atoms with Gasteiger partial charge in [0.25, 0.3) is 5.91 Å². The number of carboxylic acid groups (broad SMARTS) is 1. The van der Waals surface area contributed by atoms with E-state index in [1.807, 2.05) is 6.07 Å². The van der Waals surface area contributed by atoms with Gasteiger partial charge in [-0.2, -0.15) is 0 Å². The first kappa shape index (κ1) is 20.5. The summed E-state index contributed by atoms with van der Waals surface area (Å²) < 4.78 is 15.4. The van der Waals surface area contributed by atoms with Crippen molar-refractivity contribution in [3.05, 3.63) is 104 Å². The van der Waals surface area contributed by atoms with Crippen LogP contribution in [0.5, 0.6) is 5.88 Å². The molecule has 0 aliphatic carbocycles. The Kier molecular flexibility index (Phi) is 4.95. The third-order valence-corrected chi connectivity index (χ3v) is 6.07. The maximum Gasteiger partial charge on any atom is 0.335 e. The van der Waals surface area contributed by atoms with E-state index in [1.54, 1.807) is 36.4 Å². The minimum atomic E-state index is -1.09. The van der Waals surface area contributed by atoms with E-state index < -0.39 is 17.7 Å². The van der Waals surface area contributed by atoms with Crippen LogP contribution >= 0.6 is 11.3 Å². The Morgan fingerprint density at radius 1 is 1.03 bits per heavy atom. The smallest absolute Gasteiger partial charge is 0.335 e. The minimum absolute atomic E-state index is 0.0621. The maximum atomic E-state index is 13.9. The molecule has 9 heteroatoms. The Labute approximate surface area is 189 Å². The number of halogens is 1. The highest BCUT2D eigenvalue weighted by molar-refractivity contribution is 7.11. The quantitative estimate of drug-likeness (QED) is 0.490. The van der Waals surface area contributed by atoms with Crippen LogP contribution in [0.1, 0.15) is 15.2 Å². The molecule has 0 fully saturated rings. The molecule has 2 heterocycles. The molecule has 1 aromatic heterocycles. The molecule has 0 radical (unpaired) electrons. The van der Waals surface area contributed by atoms with Crippen molar-refractivity contribution in [3.63, 3.8) is 0 Å². The summed E-state index contributed by atoms with van der Waals surface area (Å²) in [5, 5.41) is 21.1. The van der Waals surface area contributed by atoms with Crippen LogP contribution < -0.4 is 15.4 Å². The zero-order chi connectivity index (χ0) is 23.1. The van der Waals surface area contributed by atoms with Gasteiger partial charge in [-0.15, -0.1) is 0 Å². The first-order valence-electron chi connectivity index (χ1n) is 9.74. The van der Waals surface area contributed by atoms with Gasteiger partial charge in [0.05, 0.1) is 27.9 Å². The van der Waals surface area contributed by atoms with E-state index in [2.05, 4.69) is 9.98 Å². The van der Waals surface area contributed by atoms with Crippen LogP contribution in [0.3, 0.4) is 0 Å². The average molecular weight is 459 g/mol. The molecule has 33 heavy (non-hydrogen) atoms. The molecular weight excluding hydrogens is 445 g/mol. The number of aromatic nitrogens is 1. The summed E-state index contributed by atoms with van der Waals surface area (Å²) in [5.74, 6) is -2.47. The Morgan fingerprint density at radius 3 is 2.58 bits per heavy atom. The number of nitrogens with zero attached hydrogens (tertiary/aromatic N) is 3. The number of carboxylic acids is 1. The normalized spacial score (nSPS) is 13.2. The molecule has 0 atom stereocenters. The highest BCUT2D eigenvalue weighted by Gasteiger charge is 2.26. The van der Waals surface area contributed by atoms with E-state index in [0.717, 1.165) is 11.3 Å². The SMILES string of the molecule is O=C1N=c2ccc(F)cc2=C1c1sc(=Nc2cccc(C(=O)O)c2)n(-c2ccccc2)c1O. The van der Waals surface area contributed by atoms with E-state index in [0.29, 0.717) is 21.5 Å². The fourth-order valence-corrected chi connectivity index (χ4v) is 4.64. The lowest BCUT2D eigenvalue weighted by Gasteiger charge is -2.05. The van der Waals surface area contributed by atoms with Crippen molar-refractivity contribution in [2.75, 3.05) is 0 Å². The summed E-state index contributed by atoms with van der Waals surface area (Å²) in [5.41, 5.74) is 1.07. The van der Waals surface area contributed by atoms with E-state index in [4.69, 9.17) is 0 Å². The largest absolute Gasteiger partial charge is 0.493 e. The summed E-state index contributed by atoms with van der Waals surface area (Å²) in [7, 11) is 0. The van der Waals surface area contributed by atoms with Crippen molar-refractivity contribution in [1.29, 1.82) is 0 Å². The van der Waals surface area contributed by atoms with Gasteiger partial charge in [-0.25, -0.2) is 19.2 Å². The predicted molar refractivity (Wildman–Crippen MR) is 119 cm³/mol. The number of thiazole rings is 1. The highest BCUT2D eigenvalue weighted by Crippen LogP contribution is 2.31. The predicted octanol–water partition coefficient (Wildman–Crippen LogP) is 2.67. The Balaban J connectivity index is 1.82. The van der Waals surface area contributed by atoms with Crippen LogP contribution in [0.4, 0.5) is 10.1 Å². The first-order valence-corrected chi connectivity index (χ1v) is 10.6. The fourth-order valence-electron chi connectivity index (χ4n) is 3.55. The second-order valence-corrected chi connectivity index (χ2v) is 8.11. The maximum absolute atomic E-state index is 13.9. The van der Waals surface area contributed by atoms with Gasteiger partial charge in [0.2, 0.25) is 5.88 Å². The molecule has 162 valence electrons. The van der Waals surface area contributed by atoms with Gasteiger partial charge in [-0.3, -0.25) is 9.36 Å². The van der Waals surface area contributed by atoms with E-state index >= 15 is 0 Å². The molecule has 7 nitrogen and oxygen atoms in total. The van der Waals surface area contributed by atoms with E-state index in [1.165, 1.54) is 34.9 Å². The van der Waals surface area contributed by atoms with Gasteiger partial charge in [0, 0.05) is 5.22 Å². The van der Waals surface area contributed by atoms with Crippen LogP contribution in [-0.4, -0.2) is 26.7 Å². The van der Waals surface area contributed by atoms with Gasteiger partial charge in [0.15, 0.2) is 4.80 Å². The summed E-state index contributed by atoms with van der Waals surface area (Å²) in [6, 6.07) is 18.8. The van der Waals surface area contributed by atoms with Gasteiger partial charge in [0.1, 0.15) is 10.7 Å². The van der Waals surface area contributed by atoms with Crippen molar-refractivity contribution >= 4 is 34.5 Å². The Hall–Kier alpha value is -4.37. The van der Waals surface area contributed by atoms with Crippen LogP contribution in [0.2, 0.25) is 0 Å². The average Bonchev–Trinajstić information content (AvgIpc) is 3.29. The molecule has 5 rings (SSSR count). The number of carbonyl (C=O) groups is 2. The van der Waals surface area contributed by atoms with E-state index in [-0.39, 0.29) is 27.1 Å². The second kappa shape index (κ2) is 7.95. The van der Waals surface area contributed by atoms with Crippen molar-refractivity contribution in [2.45, 2.75) is 0 Å². The molecule has 0 unspecified atom stereocenters. The summed E-state index contributed by atoms with van der Waals surface area (Å²) >= 11 is 1.02. The molecule has 0 saturated carbocycles. The molecule has 4 aromatic rings. The Morgan fingerprint density at radius 2 is 1.82 bits per heavy atom. The molecule has 0 bridgehead atoms. The standard InChI is InChI=1S/C24H14FN3O4S/c25-14-9-10-18-17(12-14)19(21(29)27-18)20-22(30)28(16-7-2-1-3-8-16)24(33-20)26-15-6-4-5-13(11-15)23(31)32/h1-12,30H,(H,31,32). The van der Waals surface area contributed by atoms with Crippen molar-refractivity contribution in [3.8, 4) is 11.6 Å². The van der Waals surface area contributed by atoms with E-state index in [9.17, 15) is 24.2 Å². The number of amides is 1. The number of rotatable bonds is 4. The summed E-state index contributed by atoms with van der Waals surface area (Å²) in [4.78, 5) is 33.0. The molecule has 0 spiro atoms. The van der Waals surface area contributed by atoms with Gasteiger partial charge in [-0.1, -0.05) is 35.6 Å². The summed E-state index contributed by atoms with van der Waals surface area (Å²) in [6.45, 7) is 0. The molecule has 0 saturated heterocycles. The third-order valence-electron chi connectivity index (χ3n) is 5.02. The summed E-state index contributed by atoms with van der Waals surface area (Å²) in [6.07, 6.45) is 0. The van der Waals surface area contributed by atoms with Crippen LogP contribution in [-0.2, 0) is 4.79 Å². The van der Waals surface area contributed by atoms with Crippen molar-refractivity contribution in [2.24, 2.45) is 9.98 Å². The van der Waals surface area contributed by atoms with Crippen LogP contribution in [0.25, 0.3) is 11.3 Å². The number of aromatic carboxylic acids is 1. The zero-order valence-electron chi connectivity index (χ0n) is 16.8. The molecule has 1 aliphatic rings. The third kappa shape index (κ3) is 3.64. The number of benzene rings is 3. The molecular formula is C24H14FN3O4S. The van der Waals surface area contributed by atoms with Gasteiger partial charge < -0.3 is 10.2 Å². The number of carbonyl (C=O) groups excluding carboxylic acids is 1. The van der Waals surface area contributed by atoms with Crippen LogP contribution in [0, 0.1) is 5.82 Å². The second-order valence-electron chi connectivity index (χ2n) is 7.13. The molecule has 1 aliphatic heterocycles. The van der Waals surface area contributed by atoms with Crippen LogP contribution in [0.15, 0.2) is 82.8 Å². The fraction of sp³-hybridized carbons (Fsp3) is 0. The molecule has 3 aromatic carbocycles. The number of hydrogen-bond acceptors (Lipinski definition) is 5. The lowest BCUT2D eigenvalue weighted by Crippen LogP contribution is -2.23. The minimum Gasteiger partial charge on any atom is -0.493 e. The lowest BCUT2D eigenvalue weighted by molar-refractivity contribution is -0.112. The highest BCUT2D eigenvalue weighted by atomic mass is 32.1. The topological polar surface area (TPSA) is 104 Å². The number of fused-ring (bicyclic) bond motifs is 1. The van der Waals surface area contributed by atoms with Crippen molar-refractivity contribution < 1.29 is 24.2 Å². The molecule has 2 N–H and O–H groups in total. The number of hydrogen-bond donors (Lipinski definition) is 2. The first-order chi connectivity index (χ1) is 15.9. The lowest BCUT2D eigenvalue weighted by atomic mass is 10.1. The van der Waals surface area contributed by atoms with Crippen molar-refractivity contribution in [1.82, 2.24) is 4.57 Å². The Bertz CT molecular complexity index is 1640. The zero-order valence-corrected chi connectivity index (χ0v) is 17.6. The van der Waals surface area contributed by atoms with Gasteiger partial charge in [-0.05, 0) is 48.5 Å². The monoisotopic (exact) mass is 459 g/mol.